The molecule has 0 fully saturated rings. The third-order valence-corrected chi connectivity index (χ3v) is 2.73. The van der Waals surface area contributed by atoms with Crippen molar-refractivity contribution >= 4 is 33.6 Å². The summed E-state index contributed by atoms with van der Waals surface area (Å²) in [6.07, 6.45) is -4.59. The van der Waals surface area contributed by atoms with Crippen LogP contribution in [0.1, 0.15) is 5.56 Å². The number of carbonyl (C=O) groups is 2. The summed E-state index contributed by atoms with van der Waals surface area (Å²) >= 11 is 2.88. The molecule has 21 heavy (non-hydrogen) atoms. The van der Waals surface area contributed by atoms with Gasteiger partial charge in [-0.15, -0.1) is 0 Å². The number of benzene rings is 1. The largest absolute Gasteiger partial charge is 0.480 e. The molecule has 10 heteroatoms. The van der Waals surface area contributed by atoms with Crippen LogP contribution in [0.4, 0.5) is 23.7 Å². The van der Waals surface area contributed by atoms with Gasteiger partial charge >= 0.3 is 18.2 Å². The number of halogens is 4. The van der Waals surface area contributed by atoms with Crippen molar-refractivity contribution in [3.8, 4) is 0 Å². The van der Waals surface area contributed by atoms with Crippen molar-refractivity contribution in [2.75, 3.05) is 11.9 Å². The lowest BCUT2D eigenvalue weighted by atomic mass is 10.2. The van der Waals surface area contributed by atoms with Gasteiger partial charge in [-0.3, -0.25) is 0 Å². The summed E-state index contributed by atoms with van der Waals surface area (Å²) in [5.41, 5.74) is -1.17. The summed E-state index contributed by atoms with van der Waals surface area (Å²) in [7, 11) is 0. The normalized spacial score (nSPS) is 12.6. The Balaban J connectivity index is 2.86. The Hall–Kier alpha value is -1.81. The van der Waals surface area contributed by atoms with E-state index in [0.717, 1.165) is 6.07 Å². The van der Waals surface area contributed by atoms with Crippen LogP contribution in [-0.2, 0) is 11.0 Å². The van der Waals surface area contributed by atoms with Crippen LogP contribution in [0.2, 0.25) is 0 Å². The molecular weight excluding hydrogens is 361 g/mol. The van der Waals surface area contributed by atoms with Crippen LogP contribution in [-0.4, -0.2) is 34.9 Å². The van der Waals surface area contributed by atoms with E-state index in [4.69, 9.17) is 10.2 Å². The number of alkyl halides is 3. The molecule has 0 aliphatic heterocycles. The molecule has 0 spiro atoms. The van der Waals surface area contributed by atoms with E-state index in [1.807, 2.05) is 5.32 Å². The number of nitrogens with one attached hydrogen (secondary N) is 2. The third-order valence-electron chi connectivity index (χ3n) is 2.27. The van der Waals surface area contributed by atoms with Gasteiger partial charge < -0.3 is 20.8 Å². The highest BCUT2D eigenvalue weighted by atomic mass is 79.9. The molecule has 4 N–H and O–H groups in total. The maximum Gasteiger partial charge on any atom is 0.416 e. The second-order valence-electron chi connectivity index (χ2n) is 3.90. The summed E-state index contributed by atoms with van der Waals surface area (Å²) in [6, 6.07) is 0.126. The van der Waals surface area contributed by atoms with E-state index >= 15 is 0 Å². The predicted molar refractivity (Wildman–Crippen MR) is 69.8 cm³/mol. The molecule has 0 aromatic heterocycles. The molecule has 0 radical (unpaired) electrons. The molecule has 0 aliphatic rings. The van der Waals surface area contributed by atoms with Gasteiger partial charge in [-0.25, -0.2) is 9.59 Å². The Morgan fingerprint density at radius 1 is 1.29 bits per heavy atom. The zero-order valence-corrected chi connectivity index (χ0v) is 11.8. The molecule has 6 nitrogen and oxygen atoms in total. The first kappa shape index (κ1) is 17.2. The lowest BCUT2D eigenvalue weighted by molar-refractivity contribution is -0.140. The molecule has 1 aromatic rings. The summed E-state index contributed by atoms with van der Waals surface area (Å²) in [6.45, 7) is -0.852. The van der Waals surface area contributed by atoms with E-state index in [1.54, 1.807) is 0 Å². The molecule has 0 heterocycles. The fourth-order valence-electron chi connectivity index (χ4n) is 1.34. The average Bonchev–Trinajstić information content (AvgIpc) is 2.33. The highest BCUT2D eigenvalue weighted by molar-refractivity contribution is 9.10. The zero-order chi connectivity index (χ0) is 16.2. The lowest BCUT2D eigenvalue weighted by Crippen LogP contribution is -2.45. The number of aliphatic hydroxyl groups is 1. The molecule has 0 saturated heterocycles. The molecule has 0 saturated carbocycles. The molecule has 116 valence electrons. The number of anilines is 1. The number of rotatable bonds is 4. The van der Waals surface area contributed by atoms with Crippen molar-refractivity contribution in [2.24, 2.45) is 0 Å². The Kier molecular flexibility index (Phi) is 5.55. The summed E-state index contributed by atoms with van der Waals surface area (Å²) in [5.74, 6) is -1.47. The van der Waals surface area contributed by atoms with E-state index in [1.165, 1.54) is 6.07 Å². The topological polar surface area (TPSA) is 98.7 Å². The number of carbonyl (C=O) groups excluding carboxylic acids is 1. The zero-order valence-electron chi connectivity index (χ0n) is 10.2. The molecule has 2 amide bonds. The van der Waals surface area contributed by atoms with Gasteiger partial charge in [0.1, 0.15) is 0 Å². The van der Waals surface area contributed by atoms with Crippen molar-refractivity contribution < 1.29 is 33.0 Å². The Morgan fingerprint density at radius 2 is 1.90 bits per heavy atom. The molecule has 1 atom stereocenters. The molecular formula is C11H10BrF3N2O4. The van der Waals surface area contributed by atoms with Crippen molar-refractivity contribution in [3.05, 3.63) is 28.2 Å². The molecule has 0 bridgehead atoms. The first-order valence-electron chi connectivity index (χ1n) is 5.42. The minimum Gasteiger partial charge on any atom is -0.480 e. The van der Waals surface area contributed by atoms with Gasteiger partial charge in [0.25, 0.3) is 0 Å². The number of aliphatic hydroxyl groups excluding tert-OH is 1. The van der Waals surface area contributed by atoms with Crippen molar-refractivity contribution in [1.29, 1.82) is 0 Å². The van der Waals surface area contributed by atoms with Gasteiger partial charge in [0.2, 0.25) is 0 Å². The highest BCUT2D eigenvalue weighted by Gasteiger charge is 2.31. The summed E-state index contributed by atoms with van der Waals surface area (Å²) in [4.78, 5) is 22.1. The second kappa shape index (κ2) is 6.76. The number of hydrogen-bond donors (Lipinski definition) is 4. The minimum absolute atomic E-state index is 0.0876. The smallest absolute Gasteiger partial charge is 0.416 e. The van der Waals surface area contributed by atoms with E-state index in [0.29, 0.717) is 6.07 Å². The van der Waals surface area contributed by atoms with Gasteiger partial charge in [0.05, 0.1) is 12.2 Å². The number of urea groups is 1. The van der Waals surface area contributed by atoms with Crippen LogP contribution in [0.15, 0.2) is 22.7 Å². The van der Waals surface area contributed by atoms with Gasteiger partial charge in [-0.1, -0.05) is 15.9 Å². The van der Waals surface area contributed by atoms with Crippen molar-refractivity contribution in [3.63, 3.8) is 0 Å². The van der Waals surface area contributed by atoms with Gasteiger partial charge in [-0.05, 0) is 18.2 Å². The maximum atomic E-state index is 12.6. The molecule has 1 rings (SSSR count). The van der Waals surface area contributed by atoms with Crippen LogP contribution >= 0.6 is 15.9 Å². The lowest BCUT2D eigenvalue weighted by Gasteiger charge is -2.14. The average molecular weight is 371 g/mol. The quantitative estimate of drug-likeness (QED) is 0.651. The highest BCUT2D eigenvalue weighted by Crippen LogP contribution is 2.33. The fourth-order valence-corrected chi connectivity index (χ4v) is 1.83. The minimum atomic E-state index is -4.59. The van der Waals surface area contributed by atoms with E-state index < -0.39 is 36.4 Å². The molecule has 0 unspecified atom stereocenters. The van der Waals surface area contributed by atoms with Crippen molar-refractivity contribution in [1.82, 2.24) is 5.32 Å². The Labute approximate surface area is 125 Å². The van der Waals surface area contributed by atoms with Crippen LogP contribution in [0.3, 0.4) is 0 Å². The number of aliphatic carboxylic acids is 1. The molecule has 0 aliphatic carbocycles. The number of carboxylic acid groups (broad SMARTS) is 1. The van der Waals surface area contributed by atoms with Gasteiger partial charge in [0.15, 0.2) is 6.04 Å². The summed E-state index contributed by atoms with van der Waals surface area (Å²) in [5, 5.41) is 21.3. The number of carboxylic acids is 1. The van der Waals surface area contributed by atoms with E-state index in [2.05, 4.69) is 21.2 Å². The van der Waals surface area contributed by atoms with Crippen LogP contribution in [0.5, 0.6) is 0 Å². The number of hydrogen-bond acceptors (Lipinski definition) is 3. The summed E-state index contributed by atoms with van der Waals surface area (Å²) < 4.78 is 37.9. The predicted octanol–water partition coefficient (Wildman–Crippen LogP) is 2.03. The van der Waals surface area contributed by atoms with Crippen LogP contribution < -0.4 is 10.6 Å². The van der Waals surface area contributed by atoms with Gasteiger partial charge in [-0.2, -0.15) is 13.2 Å². The third kappa shape index (κ3) is 5.23. The Morgan fingerprint density at radius 3 is 2.38 bits per heavy atom. The Bertz CT molecular complexity index is 551. The first-order valence-corrected chi connectivity index (χ1v) is 6.21. The first-order chi connectivity index (χ1) is 9.63. The molecule has 1 aromatic carbocycles. The van der Waals surface area contributed by atoms with E-state index in [-0.39, 0.29) is 10.2 Å². The van der Waals surface area contributed by atoms with Crippen LogP contribution in [0.25, 0.3) is 0 Å². The fraction of sp³-hybridized carbons (Fsp3) is 0.273. The van der Waals surface area contributed by atoms with Crippen LogP contribution in [0, 0.1) is 0 Å². The SMILES string of the molecule is O=C(Nc1cc(Br)cc(C(F)(F)F)c1)N[C@H](CO)C(=O)O. The second-order valence-corrected chi connectivity index (χ2v) is 4.81. The maximum absolute atomic E-state index is 12.6. The monoisotopic (exact) mass is 370 g/mol. The van der Waals surface area contributed by atoms with Gasteiger partial charge in [0, 0.05) is 10.2 Å². The standard InChI is InChI=1S/C11H10BrF3N2O4/c12-6-1-5(11(13,14)15)2-7(3-6)16-10(21)17-8(4-18)9(19)20/h1-3,8,18H,4H2,(H,19,20)(H2,16,17,21)/t8-/m1/s1. The van der Waals surface area contributed by atoms with E-state index in [9.17, 15) is 22.8 Å². The number of amides is 2. The van der Waals surface area contributed by atoms with Crippen molar-refractivity contribution in [2.45, 2.75) is 12.2 Å².